The fourth-order valence-electron chi connectivity index (χ4n) is 2.95. The van der Waals surface area contributed by atoms with E-state index in [4.69, 9.17) is 4.74 Å². The van der Waals surface area contributed by atoms with Gasteiger partial charge < -0.3 is 20.3 Å². The van der Waals surface area contributed by atoms with E-state index in [1.807, 2.05) is 0 Å². The highest BCUT2D eigenvalue weighted by Gasteiger charge is 2.21. The molecule has 0 spiro atoms. The number of ether oxygens (including phenoxy) is 1. The maximum atomic E-state index is 12.4. The first-order valence-corrected chi connectivity index (χ1v) is 8.25. The Morgan fingerprint density at radius 3 is 2.46 bits per heavy atom. The van der Waals surface area contributed by atoms with Gasteiger partial charge in [-0.15, -0.1) is 12.4 Å². The van der Waals surface area contributed by atoms with Crippen molar-refractivity contribution < 1.29 is 14.3 Å². The molecule has 24 heavy (non-hydrogen) atoms. The highest BCUT2D eigenvalue weighted by atomic mass is 35.5. The van der Waals surface area contributed by atoms with Crippen LogP contribution in [0.15, 0.2) is 24.3 Å². The van der Waals surface area contributed by atoms with Crippen LogP contribution < -0.4 is 10.6 Å². The maximum Gasteiger partial charge on any atom is 0.254 e. The van der Waals surface area contributed by atoms with E-state index in [0.717, 1.165) is 31.5 Å². The average Bonchev–Trinajstić information content (AvgIpc) is 2.63. The van der Waals surface area contributed by atoms with Crippen LogP contribution in [0.3, 0.4) is 0 Å². The summed E-state index contributed by atoms with van der Waals surface area (Å²) in [6.45, 7) is 3.34. The average molecular weight is 354 g/mol. The second kappa shape index (κ2) is 9.01. The molecule has 7 heteroatoms. The van der Waals surface area contributed by atoms with Crippen molar-refractivity contribution >= 4 is 29.9 Å². The summed E-state index contributed by atoms with van der Waals surface area (Å²) >= 11 is 0. The van der Waals surface area contributed by atoms with E-state index < -0.39 is 0 Å². The van der Waals surface area contributed by atoms with Crippen molar-refractivity contribution in [2.75, 3.05) is 38.2 Å². The Bertz CT molecular complexity index is 553. The second-order valence-electron chi connectivity index (χ2n) is 5.97. The van der Waals surface area contributed by atoms with E-state index in [1.54, 1.807) is 29.2 Å². The number of halogens is 1. The number of nitrogens with zero attached hydrogens (tertiary/aromatic N) is 1. The zero-order valence-corrected chi connectivity index (χ0v) is 14.4. The number of benzene rings is 1. The van der Waals surface area contributed by atoms with Gasteiger partial charge in [-0.05, 0) is 43.7 Å². The van der Waals surface area contributed by atoms with Crippen molar-refractivity contribution in [3.8, 4) is 0 Å². The number of carbonyl (C=O) groups is 2. The van der Waals surface area contributed by atoms with Crippen LogP contribution in [0.5, 0.6) is 0 Å². The van der Waals surface area contributed by atoms with E-state index in [0.29, 0.717) is 31.9 Å². The van der Waals surface area contributed by atoms with Crippen LogP contribution in [0.25, 0.3) is 0 Å². The zero-order chi connectivity index (χ0) is 16.1. The van der Waals surface area contributed by atoms with Gasteiger partial charge in [-0.25, -0.2) is 0 Å². The van der Waals surface area contributed by atoms with Gasteiger partial charge in [-0.1, -0.05) is 6.42 Å². The molecule has 0 saturated carbocycles. The van der Waals surface area contributed by atoms with E-state index in [1.165, 1.54) is 0 Å². The molecule has 1 atom stereocenters. The molecule has 2 N–H and O–H groups in total. The molecule has 1 unspecified atom stereocenters. The molecule has 132 valence electrons. The van der Waals surface area contributed by atoms with Crippen LogP contribution in [0.4, 0.5) is 5.69 Å². The van der Waals surface area contributed by atoms with Crippen molar-refractivity contribution in [1.29, 1.82) is 0 Å². The van der Waals surface area contributed by atoms with E-state index in [2.05, 4.69) is 10.6 Å². The first-order valence-electron chi connectivity index (χ1n) is 8.25. The Hall–Kier alpha value is -1.63. The van der Waals surface area contributed by atoms with E-state index in [-0.39, 0.29) is 30.3 Å². The third-order valence-corrected chi connectivity index (χ3v) is 4.32. The Labute approximate surface area is 148 Å². The molecular weight excluding hydrogens is 330 g/mol. The monoisotopic (exact) mass is 353 g/mol. The Morgan fingerprint density at radius 1 is 1.12 bits per heavy atom. The summed E-state index contributed by atoms with van der Waals surface area (Å²) in [6, 6.07) is 6.99. The summed E-state index contributed by atoms with van der Waals surface area (Å²) in [4.78, 5) is 26.3. The lowest BCUT2D eigenvalue weighted by molar-refractivity contribution is -0.118. The van der Waals surface area contributed by atoms with E-state index >= 15 is 0 Å². The van der Waals surface area contributed by atoms with Crippen LogP contribution in [-0.4, -0.2) is 55.6 Å². The lowest BCUT2D eigenvalue weighted by Crippen LogP contribution is -2.43. The predicted molar refractivity (Wildman–Crippen MR) is 94.7 cm³/mol. The van der Waals surface area contributed by atoms with Crippen LogP contribution >= 0.6 is 12.4 Å². The normalized spacial score (nSPS) is 20.8. The molecule has 1 aromatic carbocycles. The molecule has 0 aliphatic carbocycles. The third kappa shape index (κ3) is 4.69. The molecule has 2 saturated heterocycles. The van der Waals surface area contributed by atoms with Gasteiger partial charge in [0.15, 0.2) is 0 Å². The minimum absolute atomic E-state index is 0. The first-order chi connectivity index (χ1) is 11.2. The Morgan fingerprint density at radius 2 is 1.83 bits per heavy atom. The number of anilines is 1. The molecule has 2 fully saturated rings. The minimum Gasteiger partial charge on any atom is -0.378 e. The summed E-state index contributed by atoms with van der Waals surface area (Å²) in [5.74, 6) is 0.0112. The number of amides is 2. The molecule has 6 nitrogen and oxygen atoms in total. The molecular formula is C17H24ClN3O3. The number of hydrogen-bond donors (Lipinski definition) is 2. The van der Waals surface area contributed by atoms with Gasteiger partial charge in [-0.3, -0.25) is 9.59 Å². The molecule has 2 amide bonds. The van der Waals surface area contributed by atoms with Crippen molar-refractivity contribution in [2.24, 2.45) is 0 Å². The highest BCUT2D eigenvalue weighted by Crippen LogP contribution is 2.14. The van der Waals surface area contributed by atoms with E-state index in [9.17, 15) is 9.59 Å². The van der Waals surface area contributed by atoms with Crippen molar-refractivity contribution in [3.05, 3.63) is 29.8 Å². The number of carbonyl (C=O) groups excluding carboxylic acids is 2. The maximum absolute atomic E-state index is 12.4. The molecule has 3 rings (SSSR count). The minimum atomic E-state index is -0.113. The molecule has 2 aliphatic rings. The standard InChI is InChI=1S/C17H23N3O3.ClH/c21-16(15-3-1-2-8-18-15)19-14-6-4-13(5-7-14)17(22)20-9-11-23-12-10-20;/h4-7,15,18H,1-3,8-12H2,(H,19,21);1H. The molecule has 1 aromatic rings. The SMILES string of the molecule is Cl.O=C(Nc1ccc(C(=O)N2CCOCC2)cc1)C1CCCCN1. The number of hydrogen-bond acceptors (Lipinski definition) is 4. The molecule has 0 radical (unpaired) electrons. The smallest absolute Gasteiger partial charge is 0.254 e. The van der Waals surface area contributed by atoms with Crippen LogP contribution in [-0.2, 0) is 9.53 Å². The van der Waals surface area contributed by atoms with Crippen molar-refractivity contribution in [2.45, 2.75) is 25.3 Å². The lowest BCUT2D eigenvalue weighted by Gasteiger charge is -2.27. The number of rotatable bonds is 3. The topological polar surface area (TPSA) is 70.7 Å². The zero-order valence-electron chi connectivity index (χ0n) is 13.6. The fourth-order valence-corrected chi connectivity index (χ4v) is 2.95. The van der Waals surface area contributed by atoms with Gasteiger partial charge in [0.1, 0.15) is 0 Å². The van der Waals surface area contributed by atoms with Gasteiger partial charge in [0, 0.05) is 24.3 Å². The first kappa shape index (κ1) is 18.7. The van der Waals surface area contributed by atoms with Gasteiger partial charge >= 0.3 is 0 Å². The second-order valence-corrected chi connectivity index (χ2v) is 5.97. The van der Waals surface area contributed by atoms with Gasteiger partial charge in [0.05, 0.1) is 19.3 Å². The Kier molecular flexibility index (Phi) is 7.02. The molecule has 2 heterocycles. The summed E-state index contributed by atoms with van der Waals surface area (Å²) in [7, 11) is 0. The molecule has 0 aromatic heterocycles. The van der Waals surface area contributed by atoms with Crippen molar-refractivity contribution in [3.63, 3.8) is 0 Å². The summed E-state index contributed by atoms with van der Waals surface area (Å²) in [5, 5.41) is 6.14. The number of piperidine rings is 1. The number of morpholine rings is 1. The summed E-state index contributed by atoms with van der Waals surface area (Å²) < 4.78 is 5.26. The van der Waals surface area contributed by atoms with Crippen LogP contribution in [0.1, 0.15) is 29.6 Å². The third-order valence-electron chi connectivity index (χ3n) is 4.32. The van der Waals surface area contributed by atoms with Gasteiger partial charge in [0.25, 0.3) is 5.91 Å². The fraction of sp³-hybridized carbons (Fsp3) is 0.529. The van der Waals surface area contributed by atoms with Crippen LogP contribution in [0, 0.1) is 0 Å². The highest BCUT2D eigenvalue weighted by molar-refractivity contribution is 5.97. The summed E-state index contributed by atoms with van der Waals surface area (Å²) in [6.07, 6.45) is 3.08. The number of nitrogens with one attached hydrogen (secondary N) is 2. The lowest BCUT2D eigenvalue weighted by atomic mass is 10.0. The van der Waals surface area contributed by atoms with Gasteiger partial charge in [0.2, 0.25) is 5.91 Å². The van der Waals surface area contributed by atoms with Crippen LogP contribution in [0.2, 0.25) is 0 Å². The Balaban J connectivity index is 0.00000208. The summed E-state index contributed by atoms with van der Waals surface area (Å²) in [5.41, 5.74) is 1.36. The molecule has 0 bridgehead atoms. The van der Waals surface area contributed by atoms with Crippen molar-refractivity contribution in [1.82, 2.24) is 10.2 Å². The van der Waals surface area contributed by atoms with Gasteiger partial charge in [-0.2, -0.15) is 0 Å². The largest absolute Gasteiger partial charge is 0.378 e. The predicted octanol–water partition coefficient (Wildman–Crippen LogP) is 1.66. The molecule has 2 aliphatic heterocycles. The quantitative estimate of drug-likeness (QED) is 0.867.